The van der Waals surface area contributed by atoms with Gasteiger partial charge in [-0.3, -0.25) is 4.79 Å². The van der Waals surface area contributed by atoms with Crippen molar-refractivity contribution in [3.05, 3.63) is 21.9 Å². The number of hydrogen-bond donors (Lipinski definition) is 1. The van der Waals surface area contributed by atoms with Gasteiger partial charge in [-0.25, -0.2) is 0 Å². The molecular formula is C14H19NO2S. The predicted molar refractivity (Wildman–Crippen MR) is 74.7 cm³/mol. The van der Waals surface area contributed by atoms with Crippen LogP contribution in [0.5, 0.6) is 0 Å². The molecule has 98 valence electrons. The molecule has 0 aliphatic rings. The second-order valence-electron chi connectivity index (χ2n) is 4.22. The van der Waals surface area contributed by atoms with E-state index >= 15 is 0 Å². The monoisotopic (exact) mass is 265 g/mol. The molecule has 1 N–H and O–H groups in total. The molecule has 0 radical (unpaired) electrons. The van der Waals surface area contributed by atoms with Gasteiger partial charge < -0.3 is 10.0 Å². The molecule has 0 bridgehead atoms. The van der Waals surface area contributed by atoms with Crippen LogP contribution in [0.15, 0.2) is 12.1 Å². The van der Waals surface area contributed by atoms with Gasteiger partial charge in [0, 0.05) is 12.6 Å². The molecule has 18 heavy (non-hydrogen) atoms. The molecule has 0 aliphatic heterocycles. The van der Waals surface area contributed by atoms with Gasteiger partial charge in [0.1, 0.15) is 6.61 Å². The topological polar surface area (TPSA) is 40.5 Å². The Balaban J connectivity index is 2.85. The quantitative estimate of drug-likeness (QED) is 0.849. The Hall–Kier alpha value is -1.31. The highest BCUT2D eigenvalue weighted by atomic mass is 32.1. The highest BCUT2D eigenvalue weighted by Crippen LogP contribution is 2.18. The van der Waals surface area contributed by atoms with Crippen molar-refractivity contribution in [3.8, 4) is 11.8 Å². The molecule has 1 amide bonds. The number of rotatable bonds is 4. The Kier molecular flexibility index (Phi) is 5.90. The third kappa shape index (κ3) is 3.86. The fourth-order valence-electron chi connectivity index (χ4n) is 1.62. The van der Waals surface area contributed by atoms with E-state index in [1.807, 2.05) is 24.8 Å². The lowest BCUT2D eigenvalue weighted by atomic mass is 10.2. The average molecular weight is 265 g/mol. The minimum atomic E-state index is -0.158. The van der Waals surface area contributed by atoms with Crippen molar-refractivity contribution < 1.29 is 9.90 Å². The number of nitrogens with zero attached hydrogens (tertiary/aromatic N) is 1. The largest absolute Gasteiger partial charge is 0.384 e. The summed E-state index contributed by atoms with van der Waals surface area (Å²) >= 11 is 1.38. The minimum absolute atomic E-state index is 0.0638. The zero-order valence-corrected chi connectivity index (χ0v) is 11.9. The van der Waals surface area contributed by atoms with Crippen LogP contribution < -0.4 is 0 Å². The first-order chi connectivity index (χ1) is 8.60. The van der Waals surface area contributed by atoms with E-state index in [0.29, 0.717) is 4.88 Å². The lowest BCUT2D eigenvalue weighted by Gasteiger charge is -2.25. The van der Waals surface area contributed by atoms with E-state index in [4.69, 9.17) is 5.11 Å². The second-order valence-corrected chi connectivity index (χ2v) is 5.30. The van der Waals surface area contributed by atoms with Gasteiger partial charge >= 0.3 is 0 Å². The Morgan fingerprint density at radius 2 is 2.22 bits per heavy atom. The average Bonchev–Trinajstić information content (AvgIpc) is 2.81. The molecule has 0 aliphatic carbocycles. The highest BCUT2D eigenvalue weighted by Gasteiger charge is 2.19. The number of thiophene rings is 1. The first kappa shape index (κ1) is 14.7. The first-order valence-corrected chi connectivity index (χ1v) is 6.92. The van der Waals surface area contributed by atoms with Gasteiger partial charge in [-0.2, -0.15) is 0 Å². The number of carbonyl (C=O) groups is 1. The summed E-state index contributed by atoms with van der Waals surface area (Å²) in [7, 11) is 0. The molecular weight excluding hydrogens is 246 g/mol. The van der Waals surface area contributed by atoms with Crippen molar-refractivity contribution in [2.75, 3.05) is 13.2 Å². The molecule has 0 saturated heterocycles. The van der Waals surface area contributed by atoms with Gasteiger partial charge in [0.05, 0.1) is 9.75 Å². The zero-order chi connectivity index (χ0) is 13.5. The van der Waals surface area contributed by atoms with Crippen molar-refractivity contribution in [2.45, 2.75) is 33.2 Å². The smallest absolute Gasteiger partial charge is 0.264 e. The van der Waals surface area contributed by atoms with E-state index in [1.54, 1.807) is 6.07 Å². The fourth-order valence-corrected chi connectivity index (χ4v) is 2.46. The number of amides is 1. The van der Waals surface area contributed by atoms with Gasteiger partial charge in [-0.1, -0.05) is 18.8 Å². The molecule has 0 atom stereocenters. The molecule has 0 unspecified atom stereocenters. The summed E-state index contributed by atoms with van der Waals surface area (Å²) in [5, 5.41) is 8.63. The zero-order valence-electron chi connectivity index (χ0n) is 11.1. The highest BCUT2D eigenvalue weighted by molar-refractivity contribution is 7.14. The van der Waals surface area contributed by atoms with E-state index < -0.39 is 0 Å². The molecule has 1 heterocycles. The maximum Gasteiger partial charge on any atom is 0.264 e. The summed E-state index contributed by atoms with van der Waals surface area (Å²) in [6, 6.07) is 3.83. The summed E-state index contributed by atoms with van der Waals surface area (Å²) in [4.78, 5) is 15.7. The number of aliphatic hydroxyl groups is 1. The van der Waals surface area contributed by atoms with Crippen LogP contribution in [-0.4, -0.2) is 35.1 Å². The van der Waals surface area contributed by atoms with Gasteiger partial charge in [-0.05, 0) is 32.4 Å². The summed E-state index contributed by atoms with van der Waals surface area (Å²) < 4.78 is 0. The molecule has 1 rings (SSSR count). The SMILES string of the molecule is CCCN(C(=O)c1ccc(C#CCO)s1)C(C)C. The third-order valence-corrected chi connectivity index (χ3v) is 3.44. The molecule has 4 heteroatoms. The Morgan fingerprint density at radius 1 is 1.50 bits per heavy atom. The first-order valence-electron chi connectivity index (χ1n) is 6.10. The van der Waals surface area contributed by atoms with Crippen molar-refractivity contribution in [2.24, 2.45) is 0 Å². The van der Waals surface area contributed by atoms with Crippen molar-refractivity contribution in [3.63, 3.8) is 0 Å². The van der Waals surface area contributed by atoms with Gasteiger partial charge in [0.25, 0.3) is 5.91 Å². The summed E-state index contributed by atoms with van der Waals surface area (Å²) in [5.74, 6) is 5.47. The van der Waals surface area contributed by atoms with Crippen molar-refractivity contribution >= 4 is 17.2 Å². The normalized spacial score (nSPS) is 10.1. The van der Waals surface area contributed by atoms with Crippen LogP contribution in [-0.2, 0) is 0 Å². The van der Waals surface area contributed by atoms with Crippen LogP contribution in [0.3, 0.4) is 0 Å². The van der Waals surface area contributed by atoms with Crippen LogP contribution in [0.1, 0.15) is 41.7 Å². The molecule has 0 saturated carbocycles. The van der Waals surface area contributed by atoms with Crippen LogP contribution in [0.4, 0.5) is 0 Å². The minimum Gasteiger partial charge on any atom is -0.384 e. The molecule has 0 spiro atoms. The maximum absolute atomic E-state index is 12.3. The van der Waals surface area contributed by atoms with Gasteiger partial charge in [0.15, 0.2) is 0 Å². The lowest BCUT2D eigenvalue weighted by molar-refractivity contribution is 0.0711. The summed E-state index contributed by atoms with van der Waals surface area (Å²) in [6.45, 7) is 6.72. The lowest BCUT2D eigenvalue weighted by Crippen LogP contribution is -2.37. The van der Waals surface area contributed by atoms with Crippen LogP contribution in [0, 0.1) is 11.8 Å². The van der Waals surface area contributed by atoms with Crippen molar-refractivity contribution in [1.82, 2.24) is 4.90 Å². The van der Waals surface area contributed by atoms with E-state index in [-0.39, 0.29) is 18.6 Å². The van der Waals surface area contributed by atoms with Crippen molar-refractivity contribution in [1.29, 1.82) is 0 Å². The Bertz CT molecular complexity index is 454. The summed E-state index contributed by atoms with van der Waals surface area (Å²) in [6.07, 6.45) is 0.951. The second kappa shape index (κ2) is 7.20. The fraction of sp³-hybridized carbons (Fsp3) is 0.500. The number of hydrogen-bond acceptors (Lipinski definition) is 3. The predicted octanol–water partition coefficient (Wildman–Crippen LogP) is 2.35. The van der Waals surface area contributed by atoms with Gasteiger partial charge in [0.2, 0.25) is 0 Å². The van der Waals surface area contributed by atoms with E-state index in [1.165, 1.54) is 11.3 Å². The van der Waals surface area contributed by atoms with Crippen LogP contribution in [0.25, 0.3) is 0 Å². The van der Waals surface area contributed by atoms with Crippen LogP contribution in [0.2, 0.25) is 0 Å². The van der Waals surface area contributed by atoms with E-state index in [0.717, 1.165) is 17.8 Å². The molecule has 1 aromatic heterocycles. The molecule has 0 aromatic carbocycles. The Labute approximate surface area is 112 Å². The standard InChI is InChI=1S/C14H19NO2S/c1-4-9-15(11(2)3)14(17)13-8-7-12(18-13)6-5-10-16/h7-8,11,16H,4,9-10H2,1-3H3. The third-order valence-electron chi connectivity index (χ3n) is 2.46. The number of carbonyl (C=O) groups excluding carboxylic acids is 1. The number of aliphatic hydroxyl groups excluding tert-OH is 1. The Morgan fingerprint density at radius 3 is 2.78 bits per heavy atom. The molecule has 0 fully saturated rings. The van der Waals surface area contributed by atoms with E-state index in [9.17, 15) is 4.79 Å². The maximum atomic E-state index is 12.3. The molecule has 3 nitrogen and oxygen atoms in total. The van der Waals surface area contributed by atoms with Crippen LogP contribution >= 0.6 is 11.3 Å². The van der Waals surface area contributed by atoms with E-state index in [2.05, 4.69) is 18.8 Å². The summed E-state index contributed by atoms with van der Waals surface area (Å²) in [5.41, 5.74) is 0. The van der Waals surface area contributed by atoms with Gasteiger partial charge in [-0.15, -0.1) is 11.3 Å². The molecule has 1 aromatic rings.